The molecule has 1 aromatic heterocycles. The van der Waals surface area contributed by atoms with E-state index in [1.807, 2.05) is 52.4 Å². The number of hydrogen-bond donors (Lipinski definition) is 0. The largest absolute Gasteiger partial charge is 0.342 e. The number of nitrogens with zero attached hydrogens (tertiary/aromatic N) is 4. The Morgan fingerprint density at radius 2 is 1.42 bits per heavy atom. The lowest BCUT2D eigenvalue weighted by Crippen LogP contribution is -2.52. The highest BCUT2D eigenvalue weighted by molar-refractivity contribution is 6.07. The average molecular weight is 445 g/mol. The number of amides is 2. The van der Waals surface area contributed by atoms with Crippen molar-refractivity contribution in [3.63, 3.8) is 0 Å². The Morgan fingerprint density at radius 3 is 2.18 bits per heavy atom. The van der Waals surface area contributed by atoms with Gasteiger partial charge in [-0.05, 0) is 30.9 Å². The van der Waals surface area contributed by atoms with Gasteiger partial charge in [-0.3, -0.25) is 14.5 Å². The van der Waals surface area contributed by atoms with Crippen LogP contribution in [0.15, 0.2) is 60.8 Å². The zero-order valence-corrected chi connectivity index (χ0v) is 19.2. The van der Waals surface area contributed by atoms with Gasteiger partial charge in [-0.25, -0.2) is 0 Å². The molecule has 6 nitrogen and oxygen atoms in total. The molecule has 33 heavy (non-hydrogen) atoms. The molecule has 0 unspecified atom stereocenters. The molecule has 0 radical (unpaired) electrons. The smallest absolute Gasteiger partial charge is 0.256 e. The third-order valence-corrected chi connectivity index (χ3v) is 6.94. The van der Waals surface area contributed by atoms with Gasteiger partial charge in [-0.15, -0.1) is 0 Å². The van der Waals surface area contributed by atoms with Crippen LogP contribution >= 0.6 is 0 Å². The Bertz CT molecular complexity index is 1110. The molecule has 2 fully saturated rings. The summed E-state index contributed by atoms with van der Waals surface area (Å²) in [6.07, 6.45) is 5.47. The van der Waals surface area contributed by atoms with E-state index in [0.29, 0.717) is 19.6 Å². The minimum absolute atomic E-state index is 0.0834. The lowest BCUT2D eigenvalue weighted by molar-refractivity contribution is -0.133. The molecule has 0 saturated carbocycles. The average Bonchev–Trinajstić information content (AvgIpc) is 3.23. The van der Waals surface area contributed by atoms with Crippen LogP contribution in [0.2, 0.25) is 0 Å². The van der Waals surface area contributed by atoms with Crippen molar-refractivity contribution in [3.8, 4) is 0 Å². The first kappa shape index (κ1) is 21.7. The predicted molar refractivity (Wildman–Crippen MR) is 130 cm³/mol. The van der Waals surface area contributed by atoms with Crippen molar-refractivity contribution in [2.75, 3.05) is 45.8 Å². The maximum Gasteiger partial charge on any atom is 0.256 e. The maximum absolute atomic E-state index is 13.5. The molecule has 0 atom stereocenters. The summed E-state index contributed by atoms with van der Waals surface area (Å²) in [6, 6.07) is 18.5. The monoisotopic (exact) mass is 444 g/mol. The molecular weight excluding hydrogens is 412 g/mol. The van der Waals surface area contributed by atoms with Gasteiger partial charge in [0.25, 0.3) is 5.91 Å². The van der Waals surface area contributed by atoms with Gasteiger partial charge in [-0.1, -0.05) is 48.5 Å². The number of benzene rings is 2. The fourth-order valence-electron chi connectivity index (χ4n) is 5.04. The highest BCUT2D eigenvalue weighted by atomic mass is 16.2. The fourth-order valence-corrected chi connectivity index (χ4v) is 5.04. The maximum atomic E-state index is 13.5. The molecule has 172 valence electrons. The van der Waals surface area contributed by atoms with Gasteiger partial charge < -0.3 is 14.4 Å². The first-order chi connectivity index (χ1) is 16.2. The van der Waals surface area contributed by atoms with Crippen LogP contribution in [0.3, 0.4) is 0 Å². The molecule has 2 saturated heterocycles. The summed E-state index contributed by atoms with van der Waals surface area (Å²) in [6.45, 7) is 5.80. The molecule has 2 aromatic carbocycles. The van der Waals surface area contributed by atoms with Crippen molar-refractivity contribution in [1.29, 1.82) is 0 Å². The minimum Gasteiger partial charge on any atom is -0.342 e. The zero-order valence-electron chi connectivity index (χ0n) is 19.2. The van der Waals surface area contributed by atoms with Gasteiger partial charge in [0.15, 0.2) is 0 Å². The van der Waals surface area contributed by atoms with Crippen molar-refractivity contribution in [2.24, 2.45) is 0 Å². The molecule has 3 heterocycles. The van der Waals surface area contributed by atoms with Crippen LogP contribution in [-0.4, -0.2) is 76.9 Å². The lowest BCUT2D eigenvalue weighted by atomic mass is 10.1. The van der Waals surface area contributed by atoms with Crippen molar-refractivity contribution in [3.05, 3.63) is 71.9 Å². The second kappa shape index (κ2) is 9.79. The Labute approximate surface area is 195 Å². The number of para-hydroxylation sites is 1. The summed E-state index contributed by atoms with van der Waals surface area (Å²) in [5.41, 5.74) is 3.05. The summed E-state index contributed by atoms with van der Waals surface area (Å²) in [5.74, 6) is 0.318. The Morgan fingerprint density at radius 1 is 0.727 bits per heavy atom. The van der Waals surface area contributed by atoms with Crippen molar-refractivity contribution in [2.45, 2.75) is 25.8 Å². The van der Waals surface area contributed by atoms with Crippen LogP contribution in [0, 0.1) is 0 Å². The number of carbonyl (C=O) groups is 2. The number of piperidine rings is 1. The second-order valence-corrected chi connectivity index (χ2v) is 9.18. The third kappa shape index (κ3) is 4.81. The standard InChI is InChI=1S/C27H32N4O2/c32-26(29-13-7-2-8-14-29)21-28-15-17-30(18-16-28)27(33)24-20-31(19-22-9-3-1-4-10-22)25-12-6-5-11-23(24)25/h1,3-6,9-12,20H,2,7-8,13-19,21H2. The Kier molecular flexibility index (Phi) is 6.44. The first-order valence-corrected chi connectivity index (χ1v) is 12.1. The van der Waals surface area contributed by atoms with Gasteiger partial charge in [-0.2, -0.15) is 0 Å². The highest BCUT2D eigenvalue weighted by Gasteiger charge is 2.27. The van der Waals surface area contributed by atoms with Crippen LogP contribution < -0.4 is 0 Å². The van der Waals surface area contributed by atoms with E-state index in [1.165, 1.54) is 12.0 Å². The van der Waals surface area contributed by atoms with Gasteiger partial charge in [0.1, 0.15) is 0 Å². The molecule has 3 aromatic rings. The number of aromatic nitrogens is 1. The van der Waals surface area contributed by atoms with Crippen LogP contribution in [0.4, 0.5) is 0 Å². The van der Waals surface area contributed by atoms with E-state index in [4.69, 9.17) is 0 Å². The molecule has 2 aliphatic heterocycles. The number of carbonyl (C=O) groups excluding carboxylic acids is 2. The topological polar surface area (TPSA) is 48.8 Å². The van der Waals surface area contributed by atoms with Crippen molar-refractivity contribution in [1.82, 2.24) is 19.3 Å². The van der Waals surface area contributed by atoms with E-state index in [2.05, 4.69) is 27.7 Å². The summed E-state index contributed by atoms with van der Waals surface area (Å²) >= 11 is 0. The number of fused-ring (bicyclic) bond motifs is 1. The summed E-state index contributed by atoms with van der Waals surface area (Å²) in [7, 11) is 0. The Balaban J connectivity index is 1.25. The van der Waals surface area contributed by atoms with Gasteiger partial charge >= 0.3 is 0 Å². The van der Waals surface area contributed by atoms with Crippen molar-refractivity contribution >= 4 is 22.7 Å². The van der Waals surface area contributed by atoms with Crippen LogP contribution in [0.25, 0.3) is 10.9 Å². The number of likely N-dealkylation sites (tertiary alicyclic amines) is 1. The van der Waals surface area contributed by atoms with Gasteiger partial charge in [0.2, 0.25) is 5.91 Å². The van der Waals surface area contributed by atoms with E-state index in [9.17, 15) is 9.59 Å². The van der Waals surface area contributed by atoms with Crippen LogP contribution in [-0.2, 0) is 11.3 Å². The molecule has 2 aliphatic rings. The normalized spacial score (nSPS) is 17.5. The number of piperazine rings is 1. The first-order valence-electron chi connectivity index (χ1n) is 12.1. The van der Waals surface area contributed by atoms with Gasteiger partial charge in [0, 0.05) is 62.9 Å². The number of hydrogen-bond acceptors (Lipinski definition) is 3. The molecule has 2 amide bonds. The lowest BCUT2D eigenvalue weighted by Gasteiger charge is -2.36. The van der Waals surface area contributed by atoms with E-state index in [1.54, 1.807) is 0 Å². The van der Waals surface area contributed by atoms with Crippen LogP contribution in [0.1, 0.15) is 35.2 Å². The van der Waals surface area contributed by atoms with E-state index >= 15 is 0 Å². The van der Waals surface area contributed by atoms with Crippen LogP contribution in [0.5, 0.6) is 0 Å². The van der Waals surface area contributed by atoms with E-state index in [0.717, 1.165) is 62.0 Å². The molecular formula is C27H32N4O2. The quantitative estimate of drug-likeness (QED) is 0.606. The highest BCUT2D eigenvalue weighted by Crippen LogP contribution is 2.24. The number of rotatable bonds is 5. The van der Waals surface area contributed by atoms with Crippen molar-refractivity contribution < 1.29 is 9.59 Å². The molecule has 0 N–H and O–H groups in total. The summed E-state index contributed by atoms with van der Waals surface area (Å²) in [4.78, 5) is 32.2. The summed E-state index contributed by atoms with van der Waals surface area (Å²) in [5, 5.41) is 1.00. The van der Waals surface area contributed by atoms with E-state index < -0.39 is 0 Å². The third-order valence-electron chi connectivity index (χ3n) is 6.94. The molecule has 0 bridgehead atoms. The predicted octanol–water partition coefficient (Wildman–Crippen LogP) is 3.46. The zero-order chi connectivity index (χ0) is 22.6. The SMILES string of the molecule is O=C(CN1CCN(C(=O)c2cn(Cc3ccccc3)c3ccccc23)CC1)N1CCCCC1. The Hall–Kier alpha value is -3.12. The van der Waals surface area contributed by atoms with E-state index in [-0.39, 0.29) is 11.8 Å². The molecule has 0 aliphatic carbocycles. The van der Waals surface area contributed by atoms with Gasteiger partial charge in [0.05, 0.1) is 12.1 Å². The second-order valence-electron chi connectivity index (χ2n) is 9.18. The molecule has 6 heteroatoms. The summed E-state index contributed by atoms with van der Waals surface area (Å²) < 4.78 is 2.17. The minimum atomic E-state index is 0.0834. The molecule has 0 spiro atoms. The molecule has 5 rings (SSSR count). The fraction of sp³-hybridized carbons (Fsp3) is 0.407.